The second-order valence-corrected chi connectivity index (χ2v) is 9.45. The molecular formula is C34H26O9. The zero-order valence-corrected chi connectivity index (χ0v) is 23.8. The quantitative estimate of drug-likeness (QED) is 0.110. The number of ether oxygens (including phenoxy) is 6. The summed E-state index contributed by atoms with van der Waals surface area (Å²) in [5, 5.41) is 0.546. The third-order valence-electron chi connectivity index (χ3n) is 7.01. The molecule has 0 bridgehead atoms. The normalized spacial score (nSPS) is 13.0. The summed E-state index contributed by atoms with van der Waals surface area (Å²) >= 11 is 0. The molecule has 43 heavy (non-hydrogen) atoms. The molecule has 1 aromatic heterocycles. The van der Waals surface area contributed by atoms with Crippen molar-refractivity contribution in [1.29, 1.82) is 0 Å². The molecule has 1 aliphatic rings. The number of furan rings is 1. The Labute approximate surface area is 246 Å². The van der Waals surface area contributed by atoms with E-state index in [1.54, 1.807) is 55.7 Å². The number of methoxy groups -OCH3 is 4. The smallest absolute Gasteiger partial charge is 0.348 e. The lowest BCUT2D eigenvalue weighted by molar-refractivity contribution is 0.0736. The molecule has 6 rings (SSSR count). The van der Waals surface area contributed by atoms with Crippen LogP contribution in [0.4, 0.5) is 0 Å². The highest BCUT2D eigenvalue weighted by Crippen LogP contribution is 2.42. The molecule has 0 amide bonds. The molecule has 0 unspecified atom stereocenters. The molecular weight excluding hydrogens is 552 g/mol. The van der Waals surface area contributed by atoms with Crippen LogP contribution in [0.1, 0.15) is 26.3 Å². The Bertz CT molecular complexity index is 1900. The van der Waals surface area contributed by atoms with Gasteiger partial charge in [0.05, 0.1) is 34.0 Å². The zero-order valence-electron chi connectivity index (χ0n) is 23.8. The standard InChI is InChI=1S/C34H26O9/c1-37-21-12-15-25-24(17-21)29(31(43-25)19-8-6-5-7-9-19)34(36)41-22-11-13-23-27(18-22)42-28(30(23)35)16-20-10-14-26(38-2)33(40-4)32(20)39-3/h5-18H,1-4H3. The van der Waals surface area contributed by atoms with E-state index < -0.39 is 5.97 Å². The lowest BCUT2D eigenvalue weighted by Gasteiger charge is -2.14. The number of esters is 1. The average molecular weight is 579 g/mol. The van der Waals surface area contributed by atoms with Crippen LogP contribution in [0.2, 0.25) is 0 Å². The molecule has 5 aromatic rings. The van der Waals surface area contributed by atoms with E-state index in [1.807, 2.05) is 30.3 Å². The zero-order chi connectivity index (χ0) is 30.1. The van der Waals surface area contributed by atoms with Crippen molar-refractivity contribution in [3.8, 4) is 45.8 Å². The molecule has 0 N–H and O–H groups in total. The van der Waals surface area contributed by atoms with Gasteiger partial charge in [-0.3, -0.25) is 4.79 Å². The van der Waals surface area contributed by atoms with Gasteiger partial charge in [-0.15, -0.1) is 0 Å². The minimum atomic E-state index is -0.638. The summed E-state index contributed by atoms with van der Waals surface area (Å²) in [5.41, 5.74) is 2.36. The lowest BCUT2D eigenvalue weighted by Crippen LogP contribution is -2.09. The van der Waals surface area contributed by atoms with E-state index in [4.69, 9.17) is 32.8 Å². The maximum absolute atomic E-state index is 13.7. The number of carbonyl (C=O) groups is 2. The number of rotatable bonds is 8. The van der Waals surface area contributed by atoms with Crippen LogP contribution in [0, 0.1) is 0 Å². The second kappa shape index (κ2) is 11.3. The summed E-state index contributed by atoms with van der Waals surface area (Å²) in [6.07, 6.45) is 1.56. The van der Waals surface area contributed by atoms with Crippen molar-refractivity contribution >= 4 is 28.8 Å². The van der Waals surface area contributed by atoms with Gasteiger partial charge in [0.1, 0.15) is 34.2 Å². The van der Waals surface area contributed by atoms with Gasteiger partial charge >= 0.3 is 5.97 Å². The van der Waals surface area contributed by atoms with Gasteiger partial charge in [-0.25, -0.2) is 4.79 Å². The van der Waals surface area contributed by atoms with Crippen molar-refractivity contribution in [2.45, 2.75) is 0 Å². The number of fused-ring (bicyclic) bond motifs is 2. The highest BCUT2D eigenvalue weighted by molar-refractivity contribution is 6.15. The first-order chi connectivity index (χ1) is 20.9. The van der Waals surface area contributed by atoms with Crippen molar-refractivity contribution in [3.63, 3.8) is 0 Å². The topological polar surface area (TPSA) is 103 Å². The number of benzene rings is 4. The maximum atomic E-state index is 13.7. The molecule has 0 saturated carbocycles. The molecule has 0 aliphatic carbocycles. The van der Waals surface area contributed by atoms with Crippen LogP contribution >= 0.6 is 0 Å². The molecule has 0 fully saturated rings. The van der Waals surface area contributed by atoms with Crippen molar-refractivity contribution < 1.29 is 42.4 Å². The predicted molar refractivity (Wildman–Crippen MR) is 159 cm³/mol. The van der Waals surface area contributed by atoms with Crippen LogP contribution < -0.4 is 28.4 Å². The number of allylic oxidation sites excluding steroid dienone is 1. The molecule has 0 saturated heterocycles. The van der Waals surface area contributed by atoms with E-state index >= 15 is 0 Å². The Morgan fingerprint density at radius 3 is 2.26 bits per heavy atom. The number of hydrogen-bond acceptors (Lipinski definition) is 9. The van der Waals surface area contributed by atoms with Gasteiger partial charge in [-0.2, -0.15) is 0 Å². The largest absolute Gasteiger partial charge is 0.497 e. The van der Waals surface area contributed by atoms with Gasteiger partial charge in [0, 0.05) is 22.6 Å². The number of ketones is 1. The van der Waals surface area contributed by atoms with E-state index in [2.05, 4.69) is 0 Å². The Morgan fingerprint density at radius 1 is 0.767 bits per heavy atom. The van der Waals surface area contributed by atoms with Crippen LogP contribution in [-0.4, -0.2) is 40.2 Å². The monoisotopic (exact) mass is 578 g/mol. The predicted octanol–water partition coefficient (Wildman–Crippen LogP) is 6.97. The fraction of sp³-hybridized carbons (Fsp3) is 0.118. The first-order valence-corrected chi connectivity index (χ1v) is 13.2. The summed E-state index contributed by atoms with van der Waals surface area (Å²) in [6, 6.07) is 22.6. The molecule has 0 spiro atoms. The van der Waals surface area contributed by atoms with Gasteiger partial charge in [-0.1, -0.05) is 30.3 Å². The van der Waals surface area contributed by atoms with E-state index in [0.29, 0.717) is 56.4 Å². The fourth-order valence-electron chi connectivity index (χ4n) is 4.97. The fourth-order valence-corrected chi connectivity index (χ4v) is 4.97. The summed E-state index contributed by atoms with van der Waals surface area (Å²) in [6.45, 7) is 0. The maximum Gasteiger partial charge on any atom is 0.348 e. The van der Waals surface area contributed by atoms with Gasteiger partial charge in [0.25, 0.3) is 0 Å². The minimum Gasteiger partial charge on any atom is -0.497 e. The van der Waals surface area contributed by atoms with Gasteiger partial charge in [-0.05, 0) is 48.5 Å². The molecule has 4 aromatic carbocycles. The van der Waals surface area contributed by atoms with Crippen LogP contribution in [0.5, 0.6) is 34.5 Å². The van der Waals surface area contributed by atoms with Crippen LogP contribution in [0.3, 0.4) is 0 Å². The first kappa shape index (κ1) is 27.5. The molecule has 0 radical (unpaired) electrons. The third kappa shape index (κ3) is 4.91. The SMILES string of the molecule is COc1ccc2oc(-c3ccccc3)c(C(=O)Oc3ccc4c(c3)OC(=Cc3ccc(OC)c(OC)c3OC)C4=O)c2c1. The van der Waals surface area contributed by atoms with Crippen LogP contribution in [-0.2, 0) is 0 Å². The molecule has 9 heteroatoms. The number of carbonyl (C=O) groups excluding carboxylic acids is 2. The minimum absolute atomic E-state index is 0.0725. The summed E-state index contributed by atoms with van der Waals surface area (Å²) in [4.78, 5) is 26.8. The Kier molecular flexibility index (Phi) is 7.21. The lowest BCUT2D eigenvalue weighted by atomic mass is 10.1. The summed E-state index contributed by atoms with van der Waals surface area (Å²) in [7, 11) is 6.06. The molecule has 0 atom stereocenters. The van der Waals surface area contributed by atoms with E-state index in [-0.39, 0.29) is 28.6 Å². The average Bonchev–Trinajstić information content (AvgIpc) is 3.57. The summed E-state index contributed by atoms with van der Waals surface area (Å²) < 4.78 is 39.5. The second-order valence-electron chi connectivity index (χ2n) is 9.45. The van der Waals surface area contributed by atoms with E-state index in [1.165, 1.54) is 27.4 Å². The Morgan fingerprint density at radius 2 is 1.53 bits per heavy atom. The Balaban J connectivity index is 1.32. The third-order valence-corrected chi connectivity index (χ3v) is 7.01. The van der Waals surface area contributed by atoms with Gasteiger partial charge in [0.2, 0.25) is 11.5 Å². The van der Waals surface area contributed by atoms with E-state index in [0.717, 1.165) is 0 Å². The molecule has 9 nitrogen and oxygen atoms in total. The van der Waals surface area contributed by atoms with E-state index in [9.17, 15) is 9.59 Å². The molecule has 216 valence electrons. The van der Waals surface area contributed by atoms with Crippen molar-refractivity contribution in [2.75, 3.05) is 28.4 Å². The van der Waals surface area contributed by atoms with Crippen molar-refractivity contribution in [1.82, 2.24) is 0 Å². The van der Waals surface area contributed by atoms with Crippen LogP contribution in [0.25, 0.3) is 28.4 Å². The van der Waals surface area contributed by atoms with Crippen LogP contribution in [0.15, 0.2) is 89.0 Å². The highest BCUT2D eigenvalue weighted by Gasteiger charge is 2.30. The molecule has 1 aliphatic heterocycles. The van der Waals surface area contributed by atoms with Gasteiger partial charge in [0.15, 0.2) is 17.3 Å². The van der Waals surface area contributed by atoms with Gasteiger partial charge < -0.3 is 32.8 Å². The van der Waals surface area contributed by atoms with Crippen molar-refractivity contribution in [3.05, 3.63) is 101 Å². The number of Topliss-reactive ketones (excluding diaryl/α,β-unsaturated/α-hetero) is 1. The van der Waals surface area contributed by atoms with Crippen molar-refractivity contribution in [2.24, 2.45) is 0 Å². The molecule has 2 heterocycles. The number of hydrogen-bond donors (Lipinski definition) is 0. The summed E-state index contributed by atoms with van der Waals surface area (Å²) in [5.74, 6) is 1.74. The Hall–Kier alpha value is -5.70. The first-order valence-electron chi connectivity index (χ1n) is 13.2. The highest BCUT2D eigenvalue weighted by atomic mass is 16.5.